The van der Waals surface area contributed by atoms with Crippen LogP contribution in [0.3, 0.4) is 0 Å². The van der Waals surface area contributed by atoms with E-state index in [2.05, 4.69) is 20.6 Å². The second-order valence-corrected chi connectivity index (χ2v) is 4.62. The zero-order valence-electron chi connectivity index (χ0n) is 10.9. The fourth-order valence-corrected chi connectivity index (χ4v) is 2.23. The highest BCUT2D eigenvalue weighted by Gasteiger charge is 2.09. The zero-order valence-corrected chi connectivity index (χ0v) is 10.9. The second-order valence-electron chi connectivity index (χ2n) is 4.62. The molecule has 5 nitrogen and oxygen atoms in total. The third-order valence-electron chi connectivity index (χ3n) is 3.26. The van der Waals surface area contributed by atoms with Crippen molar-refractivity contribution in [2.75, 3.05) is 5.32 Å². The van der Waals surface area contributed by atoms with Crippen LogP contribution in [-0.2, 0) is 0 Å². The van der Waals surface area contributed by atoms with Crippen molar-refractivity contribution in [1.82, 2.24) is 19.8 Å². The van der Waals surface area contributed by atoms with Gasteiger partial charge in [-0.3, -0.25) is 0 Å². The Morgan fingerprint density at radius 3 is 2.62 bits per heavy atom. The number of halogens is 1. The van der Waals surface area contributed by atoms with Gasteiger partial charge in [0.2, 0.25) is 5.95 Å². The van der Waals surface area contributed by atoms with E-state index < -0.39 is 0 Å². The van der Waals surface area contributed by atoms with Gasteiger partial charge >= 0.3 is 0 Å². The standard InChI is InChI=1S/C15H10FN5/c16-11-5-7-12(8-6-11)18-15-20-19-14-13-4-2-1-3-10(13)9-17-21(14)15/h1-9H,(H,18,20). The van der Waals surface area contributed by atoms with E-state index in [9.17, 15) is 4.39 Å². The number of rotatable bonds is 2. The van der Waals surface area contributed by atoms with E-state index in [0.29, 0.717) is 11.6 Å². The summed E-state index contributed by atoms with van der Waals surface area (Å²) in [5, 5.41) is 17.7. The lowest BCUT2D eigenvalue weighted by Crippen LogP contribution is -1.99. The Morgan fingerprint density at radius 2 is 1.76 bits per heavy atom. The molecule has 0 aliphatic rings. The lowest BCUT2D eigenvalue weighted by molar-refractivity contribution is 0.628. The molecule has 0 saturated heterocycles. The third-order valence-corrected chi connectivity index (χ3v) is 3.26. The molecule has 4 rings (SSSR count). The topological polar surface area (TPSA) is 55.1 Å². The third kappa shape index (κ3) is 1.97. The lowest BCUT2D eigenvalue weighted by atomic mass is 10.2. The van der Waals surface area contributed by atoms with Gasteiger partial charge in [0.25, 0.3) is 0 Å². The molecule has 0 atom stereocenters. The summed E-state index contributed by atoms with van der Waals surface area (Å²) >= 11 is 0. The number of aromatic nitrogens is 4. The summed E-state index contributed by atoms with van der Waals surface area (Å²) in [7, 11) is 0. The molecule has 0 amide bonds. The van der Waals surface area contributed by atoms with Crippen LogP contribution in [-0.4, -0.2) is 19.8 Å². The summed E-state index contributed by atoms with van der Waals surface area (Å²) in [6.07, 6.45) is 1.77. The van der Waals surface area contributed by atoms with Gasteiger partial charge < -0.3 is 5.32 Å². The van der Waals surface area contributed by atoms with Crippen LogP contribution in [0.2, 0.25) is 0 Å². The number of anilines is 2. The Bertz CT molecular complexity index is 930. The normalized spacial score (nSPS) is 11.1. The minimum absolute atomic E-state index is 0.282. The molecule has 0 aliphatic heterocycles. The molecule has 2 heterocycles. The van der Waals surface area contributed by atoms with Gasteiger partial charge in [-0.05, 0) is 24.3 Å². The summed E-state index contributed by atoms with van der Waals surface area (Å²) in [5.41, 5.74) is 1.40. The molecule has 21 heavy (non-hydrogen) atoms. The number of benzene rings is 2. The first-order valence-corrected chi connectivity index (χ1v) is 6.43. The summed E-state index contributed by atoms with van der Waals surface area (Å²) < 4.78 is 14.6. The van der Waals surface area contributed by atoms with Crippen molar-refractivity contribution in [1.29, 1.82) is 0 Å². The van der Waals surface area contributed by atoms with Crippen LogP contribution in [0.15, 0.2) is 54.7 Å². The predicted molar refractivity (Wildman–Crippen MR) is 78.0 cm³/mol. The highest BCUT2D eigenvalue weighted by molar-refractivity contribution is 5.93. The number of nitrogens with one attached hydrogen (secondary N) is 1. The maximum atomic E-state index is 12.9. The van der Waals surface area contributed by atoms with Crippen molar-refractivity contribution in [3.8, 4) is 0 Å². The molecular weight excluding hydrogens is 269 g/mol. The predicted octanol–water partition coefficient (Wildman–Crippen LogP) is 3.16. The average Bonchev–Trinajstić information content (AvgIpc) is 2.93. The van der Waals surface area contributed by atoms with Gasteiger partial charge in [0.15, 0.2) is 5.65 Å². The highest BCUT2D eigenvalue weighted by Crippen LogP contribution is 2.20. The zero-order chi connectivity index (χ0) is 14.2. The molecule has 102 valence electrons. The smallest absolute Gasteiger partial charge is 0.250 e. The Labute approximate surface area is 119 Å². The van der Waals surface area contributed by atoms with Crippen molar-refractivity contribution in [2.45, 2.75) is 0 Å². The summed E-state index contributed by atoms with van der Waals surface area (Å²) in [4.78, 5) is 0. The summed E-state index contributed by atoms with van der Waals surface area (Å²) in [6.45, 7) is 0. The SMILES string of the molecule is Fc1ccc(Nc2nnc3c4ccccc4cnn23)cc1. The van der Waals surface area contributed by atoms with Gasteiger partial charge in [0.05, 0.1) is 6.20 Å². The fourth-order valence-electron chi connectivity index (χ4n) is 2.23. The number of hydrogen-bond acceptors (Lipinski definition) is 4. The molecule has 4 aromatic rings. The first-order chi connectivity index (χ1) is 10.3. The fraction of sp³-hybridized carbons (Fsp3) is 0. The van der Waals surface area contributed by atoms with E-state index in [0.717, 1.165) is 16.5 Å². The number of hydrogen-bond donors (Lipinski definition) is 1. The van der Waals surface area contributed by atoms with Gasteiger partial charge in [-0.15, -0.1) is 10.2 Å². The van der Waals surface area contributed by atoms with Crippen molar-refractivity contribution in [2.24, 2.45) is 0 Å². The molecule has 2 aromatic carbocycles. The maximum absolute atomic E-state index is 12.9. The van der Waals surface area contributed by atoms with Crippen LogP contribution in [0.4, 0.5) is 16.0 Å². The van der Waals surface area contributed by atoms with Crippen molar-refractivity contribution < 1.29 is 4.39 Å². The van der Waals surface area contributed by atoms with E-state index in [1.54, 1.807) is 22.8 Å². The van der Waals surface area contributed by atoms with Crippen LogP contribution in [0.5, 0.6) is 0 Å². The van der Waals surface area contributed by atoms with Crippen molar-refractivity contribution in [3.63, 3.8) is 0 Å². The van der Waals surface area contributed by atoms with E-state index in [-0.39, 0.29) is 5.82 Å². The van der Waals surface area contributed by atoms with E-state index in [1.807, 2.05) is 24.3 Å². The summed E-state index contributed by atoms with van der Waals surface area (Å²) in [6, 6.07) is 13.9. The first-order valence-electron chi connectivity index (χ1n) is 6.43. The minimum Gasteiger partial charge on any atom is -0.323 e. The Hall–Kier alpha value is -3.02. The van der Waals surface area contributed by atoms with E-state index in [1.165, 1.54) is 12.1 Å². The molecule has 0 spiro atoms. The maximum Gasteiger partial charge on any atom is 0.250 e. The molecular formula is C15H10FN5. The van der Waals surface area contributed by atoms with Crippen LogP contribution < -0.4 is 5.32 Å². The Morgan fingerprint density at radius 1 is 0.952 bits per heavy atom. The molecule has 0 fully saturated rings. The number of fused-ring (bicyclic) bond motifs is 3. The largest absolute Gasteiger partial charge is 0.323 e. The molecule has 1 N–H and O–H groups in total. The van der Waals surface area contributed by atoms with Gasteiger partial charge in [0.1, 0.15) is 5.82 Å². The van der Waals surface area contributed by atoms with Gasteiger partial charge in [-0.1, -0.05) is 24.3 Å². The van der Waals surface area contributed by atoms with Gasteiger partial charge in [-0.25, -0.2) is 4.39 Å². The Balaban J connectivity index is 1.83. The van der Waals surface area contributed by atoms with Crippen LogP contribution >= 0.6 is 0 Å². The molecule has 0 radical (unpaired) electrons. The van der Waals surface area contributed by atoms with Crippen molar-refractivity contribution in [3.05, 3.63) is 60.5 Å². The molecule has 2 aromatic heterocycles. The number of nitrogens with zero attached hydrogens (tertiary/aromatic N) is 4. The summed E-state index contributed by atoms with van der Waals surface area (Å²) in [5.74, 6) is 0.207. The monoisotopic (exact) mass is 279 g/mol. The molecule has 0 bridgehead atoms. The molecule has 0 saturated carbocycles. The van der Waals surface area contributed by atoms with Crippen LogP contribution in [0.25, 0.3) is 16.4 Å². The van der Waals surface area contributed by atoms with Crippen LogP contribution in [0, 0.1) is 5.82 Å². The lowest BCUT2D eigenvalue weighted by Gasteiger charge is -2.04. The van der Waals surface area contributed by atoms with E-state index in [4.69, 9.17) is 0 Å². The van der Waals surface area contributed by atoms with Crippen molar-refractivity contribution >= 4 is 28.1 Å². The second kappa shape index (κ2) is 4.52. The molecule has 6 heteroatoms. The van der Waals surface area contributed by atoms with Gasteiger partial charge in [0, 0.05) is 16.5 Å². The quantitative estimate of drug-likeness (QED) is 0.612. The molecule has 0 unspecified atom stereocenters. The minimum atomic E-state index is -0.282. The van der Waals surface area contributed by atoms with E-state index >= 15 is 0 Å². The Kier molecular flexibility index (Phi) is 2.53. The highest BCUT2D eigenvalue weighted by atomic mass is 19.1. The first kappa shape index (κ1) is 11.8. The molecule has 0 aliphatic carbocycles. The van der Waals surface area contributed by atoms with Gasteiger partial charge in [-0.2, -0.15) is 9.61 Å². The average molecular weight is 279 g/mol. The van der Waals surface area contributed by atoms with Crippen LogP contribution in [0.1, 0.15) is 0 Å².